The molecule has 0 N–H and O–H groups in total. The lowest BCUT2D eigenvalue weighted by molar-refractivity contribution is 0.101. The van der Waals surface area contributed by atoms with Gasteiger partial charge in [0.25, 0.3) is 0 Å². The summed E-state index contributed by atoms with van der Waals surface area (Å²) in [5.41, 5.74) is 2.21. The molecule has 1 aromatic carbocycles. The van der Waals surface area contributed by atoms with Gasteiger partial charge in [0.1, 0.15) is 0 Å². The molecular formula is C13H20O. The highest BCUT2D eigenvalue weighted by molar-refractivity contribution is 5.94. The molecule has 0 atom stereocenters. The van der Waals surface area contributed by atoms with Crippen molar-refractivity contribution in [2.75, 3.05) is 0 Å². The third kappa shape index (κ3) is 2.99. The monoisotopic (exact) mass is 192 g/mol. The van der Waals surface area contributed by atoms with E-state index < -0.39 is 0 Å². The van der Waals surface area contributed by atoms with Crippen molar-refractivity contribution >= 4 is 5.78 Å². The van der Waals surface area contributed by atoms with Crippen LogP contribution >= 0.6 is 0 Å². The zero-order chi connectivity index (χ0) is 10.1. The van der Waals surface area contributed by atoms with Gasteiger partial charge in [-0.15, -0.1) is 0 Å². The maximum atomic E-state index is 11.0. The largest absolute Gasteiger partial charge is 0.295 e. The van der Waals surface area contributed by atoms with E-state index >= 15 is 0 Å². The first-order valence-electron chi connectivity index (χ1n) is 4.53. The van der Waals surface area contributed by atoms with Gasteiger partial charge in [-0.05, 0) is 17.9 Å². The summed E-state index contributed by atoms with van der Waals surface area (Å²) in [5, 5.41) is 0. The molecule has 78 valence electrons. The molecule has 0 aliphatic heterocycles. The van der Waals surface area contributed by atoms with Gasteiger partial charge in [-0.3, -0.25) is 4.79 Å². The average Bonchev–Trinajstić information content (AvgIpc) is 2.03. The van der Waals surface area contributed by atoms with Crippen LogP contribution in [0, 0.1) is 0 Å². The van der Waals surface area contributed by atoms with Crippen molar-refractivity contribution in [3.8, 4) is 0 Å². The Morgan fingerprint density at radius 2 is 1.50 bits per heavy atom. The predicted octanol–water partition coefficient (Wildman–Crippen LogP) is 3.82. The van der Waals surface area contributed by atoms with Gasteiger partial charge in [-0.2, -0.15) is 0 Å². The molecule has 0 fully saturated rings. The summed E-state index contributed by atoms with van der Waals surface area (Å²) in [6.45, 7) is 8.08. The van der Waals surface area contributed by atoms with E-state index in [1.807, 2.05) is 24.3 Å². The molecule has 0 unspecified atom stereocenters. The summed E-state index contributed by atoms with van der Waals surface area (Å²) in [6.07, 6.45) is 0. The third-order valence-corrected chi connectivity index (χ3v) is 2.16. The molecule has 0 saturated carbocycles. The smallest absolute Gasteiger partial charge is 0.159 e. The molecule has 14 heavy (non-hydrogen) atoms. The highest BCUT2D eigenvalue weighted by Gasteiger charge is 2.13. The van der Waals surface area contributed by atoms with Crippen molar-refractivity contribution < 1.29 is 4.79 Å². The molecule has 0 aromatic heterocycles. The molecule has 0 saturated heterocycles. The van der Waals surface area contributed by atoms with Crippen LogP contribution in [0.2, 0.25) is 0 Å². The highest BCUT2D eigenvalue weighted by atomic mass is 16.1. The maximum absolute atomic E-state index is 11.0. The minimum absolute atomic E-state index is 0. The number of carbonyl (C=O) groups excluding carboxylic acids is 1. The lowest BCUT2D eigenvalue weighted by Gasteiger charge is -2.18. The first-order valence-corrected chi connectivity index (χ1v) is 4.53. The average molecular weight is 192 g/mol. The normalized spacial score (nSPS) is 10.6. The zero-order valence-electron chi connectivity index (χ0n) is 8.72. The lowest BCUT2D eigenvalue weighted by Crippen LogP contribution is -2.10. The quantitative estimate of drug-likeness (QED) is 0.618. The van der Waals surface area contributed by atoms with Gasteiger partial charge in [0.15, 0.2) is 5.78 Å². The van der Waals surface area contributed by atoms with E-state index in [0.717, 1.165) is 5.56 Å². The second-order valence-corrected chi connectivity index (χ2v) is 4.38. The molecule has 0 aliphatic rings. The summed E-state index contributed by atoms with van der Waals surface area (Å²) in [5.74, 6) is 0.125. The molecule has 1 aromatic rings. The minimum Gasteiger partial charge on any atom is -0.295 e. The van der Waals surface area contributed by atoms with Crippen molar-refractivity contribution in [1.29, 1.82) is 0 Å². The van der Waals surface area contributed by atoms with Crippen LogP contribution in [0.3, 0.4) is 0 Å². The molecule has 0 bridgehead atoms. The molecule has 0 radical (unpaired) electrons. The summed E-state index contributed by atoms with van der Waals surface area (Å²) in [6, 6.07) is 7.83. The molecule has 0 heterocycles. The van der Waals surface area contributed by atoms with E-state index in [9.17, 15) is 4.79 Å². The van der Waals surface area contributed by atoms with Gasteiger partial charge in [-0.1, -0.05) is 52.5 Å². The van der Waals surface area contributed by atoms with E-state index in [-0.39, 0.29) is 18.6 Å². The number of hydrogen-bond donors (Lipinski definition) is 0. The van der Waals surface area contributed by atoms with Gasteiger partial charge in [0.2, 0.25) is 0 Å². The van der Waals surface area contributed by atoms with E-state index in [1.165, 1.54) is 5.56 Å². The molecule has 1 nitrogen and oxygen atoms in total. The number of hydrogen-bond acceptors (Lipinski definition) is 1. The van der Waals surface area contributed by atoms with E-state index in [0.29, 0.717) is 0 Å². The number of benzene rings is 1. The highest BCUT2D eigenvalue weighted by Crippen LogP contribution is 2.22. The van der Waals surface area contributed by atoms with Crippen molar-refractivity contribution in [3.05, 3.63) is 35.4 Å². The van der Waals surface area contributed by atoms with Crippen LogP contribution < -0.4 is 0 Å². The van der Waals surface area contributed by atoms with Crippen molar-refractivity contribution in [2.24, 2.45) is 0 Å². The fraction of sp³-hybridized carbons (Fsp3) is 0.462. The van der Waals surface area contributed by atoms with Crippen LogP contribution in [0.4, 0.5) is 0 Å². The van der Waals surface area contributed by atoms with Crippen LogP contribution in [-0.4, -0.2) is 5.78 Å². The molecule has 0 spiro atoms. The van der Waals surface area contributed by atoms with Gasteiger partial charge < -0.3 is 0 Å². The number of ketones is 1. The van der Waals surface area contributed by atoms with E-state index in [4.69, 9.17) is 0 Å². The van der Waals surface area contributed by atoms with Crippen molar-refractivity contribution in [1.82, 2.24) is 0 Å². The number of Topliss-reactive ketones (excluding diaryl/α,β-unsaturated/α-hetero) is 1. The second kappa shape index (κ2) is 4.41. The lowest BCUT2D eigenvalue weighted by atomic mass is 9.86. The fourth-order valence-corrected chi connectivity index (χ4v) is 1.20. The van der Waals surface area contributed by atoms with Gasteiger partial charge >= 0.3 is 0 Å². The van der Waals surface area contributed by atoms with Crippen molar-refractivity contribution in [3.63, 3.8) is 0 Å². The summed E-state index contributed by atoms with van der Waals surface area (Å²) < 4.78 is 0. The minimum atomic E-state index is 0. The number of rotatable bonds is 1. The Hall–Kier alpha value is -1.11. The van der Waals surface area contributed by atoms with E-state index in [2.05, 4.69) is 20.8 Å². The molecule has 1 rings (SSSR count). The fourth-order valence-electron chi connectivity index (χ4n) is 1.20. The Labute approximate surface area is 87.2 Å². The predicted molar refractivity (Wildman–Crippen MR) is 61.9 cm³/mol. The molecule has 0 amide bonds. The van der Waals surface area contributed by atoms with Crippen LogP contribution in [0.25, 0.3) is 0 Å². The standard InChI is InChI=1S/C12H16O.CH4/c1-9(13)10-5-7-11(8-6-10)12(2,3)4;/h5-8H,1-4H3;1H4. The van der Waals surface area contributed by atoms with Gasteiger partial charge in [0.05, 0.1) is 0 Å². The molecule has 0 aliphatic carbocycles. The maximum Gasteiger partial charge on any atom is 0.159 e. The van der Waals surface area contributed by atoms with E-state index in [1.54, 1.807) is 6.92 Å². The summed E-state index contributed by atoms with van der Waals surface area (Å²) in [4.78, 5) is 11.0. The first kappa shape index (κ1) is 12.9. The Kier molecular flexibility index (Phi) is 4.06. The number of carbonyl (C=O) groups is 1. The van der Waals surface area contributed by atoms with Crippen LogP contribution in [-0.2, 0) is 5.41 Å². The topological polar surface area (TPSA) is 17.1 Å². The molecule has 1 heteroatoms. The third-order valence-electron chi connectivity index (χ3n) is 2.16. The molecular weight excluding hydrogens is 172 g/mol. The Morgan fingerprint density at radius 3 is 1.79 bits per heavy atom. The Balaban J connectivity index is 0.00000169. The van der Waals surface area contributed by atoms with Crippen LogP contribution in [0.1, 0.15) is 51.0 Å². The van der Waals surface area contributed by atoms with Crippen LogP contribution in [0.5, 0.6) is 0 Å². The SMILES string of the molecule is C.CC(=O)c1ccc(C(C)(C)C)cc1. The van der Waals surface area contributed by atoms with Crippen molar-refractivity contribution in [2.45, 2.75) is 40.5 Å². The zero-order valence-corrected chi connectivity index (χ0v) is 8.72. The second-order valence-electron chi connectivity index (χ2n) is 4.38. The van der Waals surface area contributed by atoms with Gasteiger partial charge in [0, 0.05) is 5.56 Å². The first-order chi connectivity index (χ1) is 5.91. The summed E-state index contributed by atoms with van der Waals surface area (Å²) >= 11 is 0. The van der Waals surface area contributed by atoms with Crippen LogP contribution in [0.15, 0.2) is 24.3 Å². The Bertz CT molecular complexity index is 301. The Morgan fingerprint density at radius 1 is 1.07 bits per heavy atom. The summed E-state index contributed by atoms with van der Waals surface area (Å²) in [7, 11) is 0. The van der Waals surface area contributed by atoms with Gasteiger partial charge in [-0.25, -0.2) is 0 Å².